The Kier molecular flexibility index (Phi) is 4.97. The van der Waals surface area contributed by atoms with Gasteiger partial charge in [-0.3, -0.25) is 0 Å². The molecule has 0 atom stereocenters. The summed E-state index contributed by atoms with van der Waals surface area (Å²) in [7, 11) is 0. The second kappa shape index (κ2) is 7.70. The highest BCUT2D eigenvalue weighted by atomic mass is 15.2. The van der Waals surface area contributed by atoms with Crippen molar-refractivity contribution in [3.63, 3.8) is 0 Å². The number of fused-ring (bicyclic) bond motifs is 1. The fourth-order valence-electron chi connectivity index (χ4n) is 3.63. The lowest BCUT2D eigenvalue weighted by atomic mass is 9.99. The van der Waals surface area contributed by atoms with E-state index in [4.69, 9.17) is 0 Å². The number of nitrogens with zero attached hydrogens (tertiary/aromatic N) is 4. The summed E-state index contributed by atoms with van der Waals surface area (Å²) in [6.07, 6.45) is 6.86. The fraction of sp³-hybridized carbons (Fsp3) is 0.333. The Bertz CT molecular complexity index is 870. The van der Waals surface area contributed by atoms with Gasteiger partial charge in [-0.05, 0) is 30.5 Å². The molecule has 3 aromatic rings. The number of hydrogen-bond donors (Lipinski definition) is 1. The first-order valence-electron chi connectivity index (χ1n) is 9.31. The van der Waals surface area contributed by atoms with Crippen LogP contribution in [0.3, 0.4) is 0 Å². The molecule has 0 fully saturated rings. The Balaban J connectivity index is 1.45. The first-order valence-corrected chi connectivity index (χ1v) is 9.31. The van der Waals surface area contributed by atoms with Gasteiger partial charge in [0.2, 0.25) is 0 Å². The van der Waals surface area contributed by atoms with Crippen molar-refractivity contribution >= 4 is 5.82 Å². The SMILES string of the molecule is CCn1ccnc1CNCc1cccnc1N1CCc2ccccc2C1. The molecule has 26 heavy (non-hydrogen) atoms. The monoisotopic (exact) mass is 347 g/mol. The molecule has 0 saturated heterocycles. The summed E-state index contributed by atoms with van der Waals surface area (Å²) in [5.74, 6) is 2.16. The van der Waals surface area contributed by atoms with Crippen LogP contribution in [0.25, 0.3) is 0 Å². The molecule has 4 rings (SSSR count). The summed E-state index contributed by atoms with van der Waals surface area (Å²) in [5, 5.41) is 3.53. The number of benzene rings is 1. The minimum atomic E-state index is 0.762. The van der Waals surface area contributed by atoms with Gasteiger partial charge in [-0.25, -0.2) is 9.97 Å². The maximum absolute atomic E-state index is 4.69. The summed E-state index contributed by atoms with van der Waals surface area (Å²) < 4.78 is 2.17. The summed E-state index contributed by atoms with van der Waals surface area (Å²) in [6.45, 7) is 6.58. The molecule has 0 bridgehead atoms. The number of imidazole rings is 1. The maximum Gasteiger partial charge on any atom is 0.133 e. The zero-order chi connectivity index (χ0) is 17.8. The van der Waals surface area contributed by atoms with Crippen molar-refractivity contribution in [2.24, 2.45) is 0 Å². The minimum Gasteiger partial charge on any atom is -0.352 e. The molecular weight excluding hydrogens is 322 g/mol. The van der Waals surface area contributed by atoms with Crippen LogP contribution in [0, 0.1) is 0 Å². The lowest BCUT2D eigenvalue weighted by Crippen LogP contribution is -2.32. The van der Waals surface area contributed by atoms with Crippen LogP contribution in [-0.2, 0) is 32.6 Å². The predicted molar refractivity (Wildman–Crippen MR) is 104 cm³/mol. The van der Waals surface area contributed by atoms with Crippen molar-refractivity contribution in [2.45, 2.75) is 39.5 Å². The third kappa shape index (κ3) is 3.48. The molecule has 0 radical (unpaired) electrons. The van der Waals surface area contributed by atoms with Gasteiger partial charge in [0.1, 0.15) is 11.6 Å². The minimum absolute atomic E-state index is 0.762. The van der Waals surface area contributed by atoms with Gasteiger partial charge in [-0.2, -0.15) is 0 Å². The summed E-state index contributed by atoms with van der Waals surface area (Å²) in [6, 6.07) is 12.9. The number of nitrogens with one attached hydrogen (secondary N) is 1. The van der Waals surface area contributed by atoms with Gasteiger partial charge in [0, 0.05) is 50.3 Å². The van der Waals surface area contributed by atoms with Gasteiger partial charge in [0.15, 0.2) is 0 Å². The van der Waals surface area contributed by atoms with Crippen LogP contribution in [0.15, 0.2) is 55.0 Å². The maximum atomic E-state index is 4.69. The van der Waals surface area contributed by atoms with Crippen LogP contribution >= 0.6 is 0 Å². The molecule has 5 nitrogen and oxygen atoms in total. The Morgan fingerprint density at radius 1 is 1.00 bits per heavy atom. The lowest BCUT2D eigenvalue weighted by molar-refractivity contribution is 0.609. The molecule has 2 aromatic heterocycles. The molecule has 3 heterocycles. The molecule has 0 saturated carbocycles. The molecule has 134 valence electrons. The van der Waals surface area contributed by atoms with E-state index in [9.17, 15) is 0 Å². The Morgan fingerprint density at radius 3 is 2.77 bits per heavy atom. The number of aryl methyl sites for hydroxylation is 1. The van der Waals surface area contributed by atoms with E-state index in [0.29, 0.717) is 0 Å². The van der Waals surface area contributed by atoms with Crippen molar-refractivity contribution in [1.29, 1.82) is 0 Å². The van der Waals surface area contributed by atoms with Crippen LogP contribution < -0.4 is 10.2 Å². The van der Waals surface area contributed by atoms with E-state index in [-0.39, 0.29) is 0 Å². The van der Waals surface area contributed by atoms with Crippen LogP contribution in [0.5, 0.6) is 0 Å². The second-order valence-corrected chi connectivity index (χ2v) is 6.66. The van der Waals surface area contributed by atoms with Gasteiger partial charge in [-0.15, -0.1) is 0 Å². The molecule has 0 unspecified atom stereocenters. The number of anilines is 1. The standard InChI is InChI=1S/C21H25N5/c1-2-25-13-11-23-20(25)15-22-14-18-8-5-10-24-21(18)26-12-9-17-6-3-4-7-19(17)16-26/h3-8,10-11,13,22H,2,9,12,14-16H2,1H3. The Labute approximate surface area is 154 Å². The number of hydrogen-bond acceptors (Lipinski definition) is 4. The lowest BCUT2D eigenvalue weighted by Gasteiger charge is -2.31. The number of pyridine rings is 1. The van der Waals surface area contributed by atoms with Crippen LogP contribution in [0.2, 0.25) is 0 Å². The Hall–Kier alpha value is -2.66. The van der Waals surface area contributed by atoms with Crippen LogP contribution in [0.4, 0.5) is 5.82 Å². The van der Waals surface area contributed by atoms with Gasteiger partial charge >= 0.3 is 0 Å². The highest BCUT2D eigenvalue weighted by Gasteiger charge is 2.19. The average molecular weight is 347 g/mol. The van der Waals surface area contributed by atoms with E-state index in [1.165, 1.54) is 16.7 Å². The largest absolute Gasteiger partial charge is 0.352 e. The highest BCUT2D eigenvalue weighted by molar-refractivity contribution is 5.49. The van der Waals surface area contributed by atoms with Gasteiger partial charge in [0.25, 0.3) is 0 Å². The molecule has 1 aliphatic heterocycles. The van der Waals surface area contributed by atoms with Crippen molar-refractivity contribution in [3.8, 4) is 0 Å². The molecule has 0 aliphatic carbocycles. The third-order valence-electron chi connectivity index (χ3n) is 5.04. The Morgan fingerprint density at radius 2 is 1.88 bits per heavy atom. The summed E-state index contributed by atoms with van der Waals surface area (Å²) >= 11 is 0. The zero-order valence-electron chi connectivity index (χ0n) is 15.2. The van der Waals surface area contributed by atoms with Crippen LogP contribution in [-0.4, -0.2) is 21.1 Å². The first kappa shape index (κ1) is 16.8. The summed E-state index contributed by atoms with van der Waals surface area (Å²) in [5.41, 5.74) is 4.11. The first-order chi connectivity index (χ1) is 12.8. The van der Waals surface area contributed by atoms with E-state index in [1.54, 1.807) is 0 Å². The van der Waals surface area contributed by atoms with E-state index < -0.39 is 0 Å². The molecule has 1 aliphatic rings. The fourth-order valence-corrected chi connectivity index (χ4v) is 3.63. The smallest absolute Gasteiger partial charge is 0.133 e. The molecule has 0 amide bonds. The summed E-state index contributed by atoms with van der Waals surface area (Å²) in [4.78, 5) is 11.5. The average Bonchev–Trinajstić information content (AvgIpc) is 3.15. The van der Waals surface area contributed by atoms with E-state index in [2.05, 4.69) is 62.0 Å². The quantitative estimate of drug-likeness (QED) is 0.744. The second-order valence-electron chi connectivity index (χ2n) is 6.66. The van der Waals surface area contributed by atoms with Gasteiger partial charge < -0.3 is 14.8 Å². The van der Waals surface area contributed by atoms with Crippen molar-refractivity contribution in [2.75, 3.05) is 11.4 Å². The topological polar surface area (TPSA) is 46.0 Å². The zero-order valence-corrected chi connectivity index (χ0v) is 15.2. The molecule has 5 heteroatoms. The van der Waals surface area contributed by atoms with E-state index in [1.807, 2.05) is 24.7 Å². The third-order valence-corrected chi connectivity index (χ3v) is 5.04. The van der Waals surface area contributed by atoms with Crippen molar-refractivity contribution in [3.05, 3.63) is 77.5 Å². The number of rotatable bonds is 6. The van der Waals surface area contributed by atoms with Gasteiger partial charge in [0.05, 0.1) is 6.54 Å². The van der Waals surface area contributed by atoms with Gasteiger partial charge in [-0.1, -0.05) is 30.3 Å². The molecule has 1 N–H and O–H groups in total. The van der Waals surface area contributed by atoms with Crippen LogP contribution in [0.1, 0.15) is 29.4 Å². The molecule has 0 spiro atoms. The number of aromatic nitrogens is 3. The van der Waals surface area contributed by atoms with E-state index >= 15 is 0 Å². The normalized spacial score (nSPS) is 13.7. The predicted octanol–water partition coefficient (Wildman–Crippen LogP) is 3.15. The highest BCUT2D eigenvalue weighted by Crippen LogP contribution is 2.25. The van der Waals surface area contributed by atoms with E-state index in [0.717, 1.165) is 50.8 Å². The van der Waals surface area contributed by atoms with Crippen molar-refractivity contribution in [1.82, 2.24) is 19.9 Å². The van der Waals surface area contributed by atoms with Crippen molar-refractivity contribution < 1.29 is 0 Å². The molecular formula is C21H25N5. The molecule has 1 aromatic carbocycles.